The number of para-hydroxylation sites is 3. The monoisotopic (exact) mass is 1780 g/mol. The van der Waals surface area contributed by atoms with Gasteiger partial charge < -0.3 is 28.6 Å². The van der Waals surface area contributed by atoms with E-state index in [-0.39, 0.29) is 61.8 Å². The number of benzene rings is 18. The van der Waals surface area contributed by atoms with E-state index in [9.17, 15) is 15.8 Å². The largest absolute Gasteiger partial charge is 0.370 e. The molecule has 0 spiro atoms. The summed E-state index contributed by atoms with van der Waals surface area (Å²) in [4.78, 5) is 36.5. The molecule has 0 aliphatic carbocycles. The lowest BCUT2D eigenvalue weighted by Crippen LogP contribution is -2.11. The first-order valence-electron chi connectivity index (χ1n) is 45.1. The van der Waals surface area contributed by atoms with Crippen LogP contribution in [0.5, 0.6) is 0 Å². The molecule has 0 fully saturated rings. The summed E-state index contributed by atoms with van der Waals surface area (Å²) in [7, 11) is 0. The van der Waals surface area contributed by atoms with Crippen LogP contribution >= 0.6 is 11.3 Å². The third kappa shape index (κ3) is 15.6. The number of aryl methyl sites for hydroxylation is 3. The Morgan fingerprint density at radius 1 is 0.268 bits per heavy atom. The van der Waals surface area contributed by atoms with Crippen LogP contribution in [0.15, 0.2) is 413 Å². The molecule has 15 nitrogen and oxygen atoms in total. The summed E-state index contributed by atoms with van der Waals surface area (Å²) in [6, 6.07) is 155. The van der Waals surface area contributed by atoms with E-state index in [1.54, 1.807) is 13.0 Å². The fourth-order valence-corrected chi connectivity index (χ4v) is 19.9. The lowest BCUT2D eigenvalue weighted by molar-refractivity contribution is 1.14. The van der Waals surface area contributed by atoms with E-state index in [0.29, 0.717) is 5.69 Å². The first-order chi connectivity index (χ1) is 67.9. The highest BCUT2D eigenvalue weighted by atomic mass is 32.1. The number of nitriles is 3. The molecule has 0 N–H and O–H groups in total. The van der Waals surface area contributed by atoms with Gasteiger partial charge in [-0.15, -0.1) is 21.3 Å². The number of fused-ring (bicyclic) bond motifs is 15. The Bertz CT molecular complexity index is 9010. The maximum atomic E-state index is 9.31. The average molecular weight is 1790 g/mol. The van der Waals surface area contributed by atoms with Crippen molar-refractivity contribution >= 4 is 154 Å². The van der Waals surface area contributed by atoms with Crippen LogP contribution in [0.3, 0.4) is 0 Å². The van der Waals surface area contributed by atoms with Crippen molar-refractivity contribution in [3.8, 4) is 96.3 Å². The number of anilines is 6. The molecular weight excluding hydrogens is 1710 g/mol. The number of aromatic nitrogens is 8. The molecule has 18 aromatic carbocycles. The first-order valence-corrected chi connectivity index (χ1v) is 45.9. The Labute approximate surface area is 799 Å². The Morgan fingerprint density at radius 3 is 1.14 bits per heavy atom. The topological polar surface area (TPSA) is 174 Å². The van der Waals surface area contributed by atoms with Crippen molar-refractivity contribution in [2.75, 3.05) is 9.80 Å². The Hall–Kier alpha value is -19.1. The molecule has 646 valence electrons. The number of rotatable bonds is 14. The van der Waals surface area contributed by atoms with Gasteiger partial charge in [0.15, 0.2) is 17.1 Å². The van der Waals surface area contributed by atoms with Gasteiger partial charge in [0.2, 0.25) is 11.0 Å². The number of hydrogen-bond donors (Lipinski definition) is 0. The van der Waals surface area contributed by atoms with Crippen LogP contribution in [-0.2, 0) is 0 Å². The molecule has 0 bridgehead atoms. The molecule has 0 amide bonds. The van der Waals surface area contributed by atoms with Gasteiger partial charge in [0.1, 0.15) is 40.3 Å². The van der Waals surface area contributed by atoms with Gasteiger partial charge in [-0.3, -0.25) is 0 Å². The zero-order valence-corrected chi connectivity index (χ0v) is 75.7. The van der Waals surface area contributed by atoms with Crippen molar-refractivity contribution in [2.24, 2.45) is 0 Å². The summed E-state index contributed by atoms with van der Waals surface area (Å²) in [6.45, 7) is 20.3. The van der Waals surface area contributed by atoms with Crippen LogP contribution in [-0.4, -0.2) is 39.0 Å². The molecule has 24 aromatic rings. The van der Waals surface area contributed by atoms with E-state index in [1.807, 2.05) is 23.5 Å². The zero-order valence-electron chi connectivity index (χ0n) is 74.9. The van der Waals surface area contributed by atoms with Crippen LogP contribution in [0.25, 0.3) is 185 Å². The smallest absolute Gasteiger partial charge is 0.294 e. The third-order valence-corrected chi connectivity index (χ3v) is 26.6. The lowest BCUT2D eigenvalue weighted by Gasteiger charge is -2.29. The molecule has 6 heterocycles. The maximum absolute atomic E-state index is 9.31. The van der Waals surface area contributed by atoms with Crippen molar-refractivity contribution in [1.29, 1.82) is 15.8 Å². The second-order valence-corrected chi connectivity index (χ2v) is 34.8. The third-order valence-electron chi connectivity index (χ3n) is 25.4. The second kappa shape index (κ2) is 36.2. The normalized spacial score (nSPS) is 11.1. The SMILES string of the molecule is Cc1ccc(N(c2ccc(C)cc2)c2ccc(-c3ccc(N(c4ccc(-c5ccccc5)cc4)c4ccc(-c5ccccc5)cc4-c4ccccc4)cc3)cc2)cc1.[C-]#[N+]c1nc2c3nc(C#N)c(C)nc3c3nc(C#N)c(C#N)nc3c2nc1[N+]#[C-].c1cc(-c2cccc(-n3c4ccccc4c4cc(-n5c6ccccc6c6ccccc65)ccc43)c2)cc(-c2cccc3c2sc2ccccc23)c1. The van der Waals surface area contributed by atoms with Gasteiger partial charge in [0.25, 0.3) is 11.6 Å². The summed E-state index contributed by atoms with van der Waals surface area (Å²) >= 11 is 1.88. The van der Waals surface area contributed by atoms with Gasteiger partial charge in [0.05, 0.1) is 33.4 Å². The van der Waals surface area contributed by atoms with E-state index in [0.717, 1.165) is 45.4 Å². The molecule has 0 saturated carbocycles. The molecule has 6 aromatic heterocycles. The number of nitrogens with zero attached hydrogens (tertiary/aromatic N) is 15. The van der Waals surface area contributed by atoms with Gasteiger partial charge in [-0.05, 0) is 215 Å². The molecular formula is C122H77N15S. The van der Waals surface area contributed by atoms with E-state index in [4.69, 9.17) is 13.1 Å². The molecule has 0 atom stereocenters. The Morgan fingerprint density at radius 2 is 0.630 bits per heavy atom. The molecule has 24 rings (SSSR count). The van der Waals surface area contributed by atoms with E-state index in [1.165, 1.54) is 142 Å². The minimum absolute atomic E-state index is 0.0423. The van der Waals surface area contributed by atoms with Gasteiger partial charge in [-0.1, -0.05) is 303 Å². The number of thiophene rings is 1. The first kappa shape index (κ1) is 84.4. The standard InChI is InChI=1S/C56H44N2.C48H30N2S.C18H3N11/c1-41-18-29-50(30-19-41)57(51-31-20-42(2)21-32-51)52-33-22-46(23-34-52)47-26-37-54(38-27-47)58(53-35-24-45(25-36-53)43-12-6-3-7-13-43)56-39-28-49(44-14-8-4-9-15-44)40-55(56)48-16-10-5-11-17-48;1-5-22-43-37(16-1)38-17-2-6-23-44(38)50(43)35-26-27-46-42(30-35)39-18-3-7-24-45(39)49(46)34-15-10-13-32(29-34)31-12-9-14-33(28-31)36-20-11-21-41-40-19-4-8-25-47(40)51-48(36)41;1-7-8(4-19)25-13-11(24-7)12-14(27-10(6-21)9(5-20)26-12)16-15(13)28-17(22-2)18(23-3)29-16/h3-40H,1-2H3;1-30H;1H3. The van der Waals surface area contributed by atoms with Gasteiger partial charge in [-0.2, -0.15) is 15.8 Å². The summed E-state index contributed by atoms with van der Waals surface area (Å²) in [5.74, 6) is -0.491. The van der Waals surface area contributed by atoms with Crippen molar-refractivity contribution in [2.45, 2.75) is 20.8 Å². The molecule has 138 heavy (non-hydrogen) atoms. The van der Waals surface area contributed by atoms with Crippen molar-refractivity contribution in [3.63, 3.8) is 0 Å². The van der Waals surface area contributed by atoms with Crippen LogP contribution in [0, 0.1) is 67.9 Å². The zero-order chi connectivity index (χ0) is 93.4. The van der Waals surface area contributed by atoms with E-state index in [2.05, 4.69) is 485 Å². The summed E-state index contributed by atoms with van der Waals surface area (Å²) in [6.07, 6.45) is 0. The second-order valence-electron chi connectivity index (χ2n) is 33.7. The highest BCUT2D eigenvalue weighted by molar-refractivity contribution is 7.26. The number of hydrogen-bond acceptors (Lipinski definition) is 12. The Balaban J connectivity index is 0.000000126. The highest BCUT2D eigenvalue weighted by Crippen LogP contribution is 2.48. The predicted octanol–water partition coefficient (Wildman–Crippen LogP) is 32.0. The lowest BCUT2D eigenvalue weighted by atomic mass is 9.96. The highest BCUT2D eigenvalue weighted by Gasteiger charge is 2.28. The van der Waals surface area contributed by atoms with Gasteiger partial charge in [0, 0.05) is 87.1 Å². The molecule has 0 unspecified atom stereocenters. The Kier molecular flexibility index (Phi) is 22.1. The minimum Gasteiger partial charge on any atom is -0.370 e. The molecule has 0 saturated heterocycles. The predicted molar refractivity (Wildman–Crippen MR) is 563 cm³/mol. The molecule has 0 radical (unpaired) electrons. The summed E-state index contributed by atoms with van der Waals surface area (Å²) in [5, 5.41) is 35.6. The van der Waals surface area contributed by atoms with Crippen LogP contribution in [0.4, 0.5) is 45.8 Å². The minimum atomic E-state index is -0.251. The van der Waals surface area contributed by atoms with Gasteiger partial charge in [-0.25, -0.2) is 19.9 Å². The van der Waals surface area contributed by atoms with Crippen molar-refractivity contribution < 1.29 is 0 Å². The van der Waals surface area contributed by atoms with Crippen molar-refractivity contribution in [1.82, 2.24) is 39.0 Å². The van der Waals surface area contributed by atoms with Crippen molar-refractivity contribution in [3.05, 3.63) is 469 Å². The van der Waals surface area contributed by atoms with Gasteiger partial charge >= 0.3 is 0 Å². The van der Waals surface area contributed by atoms with Crippen LogP contribution < -0.4 is 9.80 Å². The molecule has 0 aliphatic heterocycles. The summed E-state index contributed by atoms with van der Waals surface area (Å²) in [5.41, 5.74) is 31.3. The van der Waals surface area contributed by atoms with E-state index < -0.39 is 0 Å². The fraction of sp³-hybridized carbons (Fsp3) is 0.0246. The molecule has 16 heteroatoms. The van der Waals surface area contributed by atoms with Crippen LogP contribution in [0.1, 0.15) is 33.9 Å². The quantitative estimate of drug-likeness (QED) is 0.0749. The van der Waals surface area contributed by atoms with E-state index >= 15 is 0 Å². The fourth-order valence-electron chi connectivity index (χ4n) is 18.7. The summed E-state index contributed by atoms with van der Waals surface area (Å²) < 4.78 is 7.50. The average Bonchev–Trinajstić information content (AvgIpc) is 0.969. The van der Waals surface area contributed by atoms with Crippen LogP contribution in [0.2, 0.25) is 0 Å². The molecule has 0 aliphatic rings. The maximum Gasteiger partial charge on any atom is 0.294 e.